The molecule has 0 saturated carbocycles. The van der Waals surface area contributed by atoms with Crippen LogP contribution >= 0.6 is 0 Å². The lowest BCUT2D eigenvalue weighted by atomic mass is 10.0. The van der Waals surface area contributed by atoms with Gasteiger partial charge in [0, 0.05) is 5.56 Å². The first-order valence-corrected chi connectivity index (χ1v) is 10.2. The minimum atomic E-state index is -0.184. The molecule has 1 amide bonds. The molecule has 0 aliphatic heterocycles. The number of ether oxygens (including phenoxy) is 2. The van der Waals surface area contributed by atoms with E-state index in [4.69, 9.17) is 9.47 Å². The lowest BCUT2D eigenvalue weighted by molar-refractivity contribution is -0.120. The quantitative estimate of drug-likeness (QED) is 0.425. The second kappa shape index (κ2) is 10.8. The third-order valence-electron chi connectivity index (χ3n) is 4.96. The fourth-order valence-corrected chi connectivity index (χ4v) is 3.23. The molecule has 0 aromatic heterocycles. The largest absolute Gasteiger partial charge is 0.493 e. The van der Waals surface area contributed by atoms with Gasteiger partial charge in [0.25, 0.3) is 0 Å². The van der Waals surface area contributed by atoms with E-state index in [1.165, 1.54) is 5.56 Å². The summed E-state index contributed by atoms with van der Waals surface area (Å²) in [6.07, 6.45) is 1.82. The Labute approximate surface area is 188 Å². The molecular weight excluding hydrogens is 402 g/mol. The van der Waals surface area contributed by atoms with Gasteiger partial charge in [-0.05, 0) is 54.8 Å². The van der Waals surface area contributed by atoms with Gasteiger partial charge in [-0.15, -0.1) is 0 Å². The number of carbonyl (C=O) groups excluding carboxylic acids is 1. The third-order valence-corrected chi connectivity index (χ3v) is 4.96. The molecule has 3 rings (SSSR count). The molecule has 0 fully saturated rings. The van der Waals surface area contributed by atoms with E-state index in [9.17, 15) is 10.1 Å². The molecule has 0 atom stereocenters. The summed E-state index contributed by atoms with van der Waals surface area (Å²) in [5.41, 5.74) is 7.91. The lowest BCUT2D eigenvalue weighted by Gasteiger charge is -2.12. The number of methoxy groups -OCH3 is 1. The predicted molar refractivity (Wildman–Crippen MR) is 124 cm³/mol. The Hall–Kier alpha value is -4.11. The summed E-state index contributed by atoms with van der Waals surface area (Å²) in [6.45, 7) is 4.27. The van der Waals surface area contributed by atoms with Crippen LogP contribution in [0.25, 0.3) is 0 Å². The molecule has 0 saturated heterocycles. The van der Waals surface area contributed by atoms with Crippen molar-refractivity contribution in [2.24, 2.45) is 5.10 Å². The average Bonchev–Trinajstić information content (AvgIpc) is 2.80. The molecule has 6 heteroatoms. The van der Waals surface area contributed by atoms with Crippen LogP contribution < -0.4 is 14.9 Å². The van der Waals surface area contributed by atoms with Crippen LogP contribution in [-0.2, 0) is 17.8 Å². The van der Waals surface area contributed by atoms with E-state index in [1.54, 1.807) is 31.5 Å². The number of amides is 1. The molecule has 0 bridgehead atoms. The maximum atomic E-state index is 12.2. The number of hydrazone groups is 1. The van der Waals surface area contributed by atoms with E-state index < -0.39 is 0 Å². The number of nitrogens with zero attached hydrogens (tertiary/aromatic N) is 2. The number of carbonyl (C=O) groups is 1. The lowest BCUT2D eigenvalue weighted by Crippen LogP contribution is -2.20. The first-order chi connectivity index (χ1) is 15.5. The van der Waals surface area contributed by atoms with Crippen LogP contribution in [0.3, 0.4) is 0 Å². The molecule has 3 aromatic rings. The monoisotopic (exact) mass is 427 g/mol. The predicted octanol–water partition coefficient (Wildman–Crippen LogP) is 4.46. The number of rotatable bonds is 8. The Morgan fingerprint density at radius 1 is 1.06 bits per heavy atom. The number of hydrogen-bond acceptors (Lipinski definition) is 5. The fourth-order valence-electron chi connectivity index (χ4n) is 3.23. The van der Waals surface area contributed by atoms with Crippen molar-refractivity contribution in [3.05, 3.63) is 94.0 Å². The number of nitrogens with one attached hydrogen (secondary N) is 1. The zero-order valence-electron chi connectivity index (χ0n) is 18.4. The van der Waals surface area contributed by atoms with Crippen molar-refractivity contribution in [2.75, 3.05) is 7.11 Å². The van der Waals surface area contributed by atoms with Crippen molar-refractivity contribution in [3.63, 3.8) is 0 Å². The van der Waals surface area contributed by atoms with E-state index in [2.05, 4.69) is 22.7 Å². The molecule has 0 aliphatic rings. The number of aryl methyl sites for hydroxylation is 2. The van der Waals surface area contributed by atoms with Gasteiger partial charge >= 0.3 is 0 Å². The molecule has 1 N–H and O–H groups in total. The summed E-state index contributed by atoms with van der Waals surface area (Å²) in [5, 5.41) is 13.3. The molecule has 6 nitrogen and oxygen atoms in total. The van der Waals surface area contributed by atoms with Gasteiger partial charge < -0.3 is 9.47 Å². The van der Waals surface area contributed by atoms with E-state index in [0.717, 1.165) is 22.3 Å². The molecule has 0 radical (unpaired) electrons. The van der Waals surface area contributed by atoms with Crippen LogP contribution in [0.4, 0.5) is 0 Å². The van der Waals surface area contributed by atoms with Gasteiger partial charge in [0.1, 0.15) is 6.61 Å². The Balaban J connectivity index is 1.60. The molecule has 32 heavy (non-hydrogen) atoms. The molecule has 3 aromatic carbocycles. The zero-order chi connectivity index (χ0) is 22.9. The third kappa shape index (κ3) is 5.96. The van der Waals surface area contributed by atoms with Crippen molar-refractivity contribution < 1.29 is 14.3 Å². The fraction of sp³-hybridized carbons (Fsp3) is 0.192. The van der Waals surface area contributed by atoms with Crippen molar-refractivity contribution in [3.8, 4) is 17.6 Å². The van der Waals surface area contributed by atoms with Gasteiger partial charge in [-0.2, -0.15) is 10.4 Å². The van der Waals surface area contributed by atoms with Crippen LogP contribution in [0, 0.1) is 25.2 Å². The highest BCUT2D eigenvalue weighted by Gasteiger charge is 2.08. The summed E-state index contributed by atoms with van der Waals surface area (Å²) in [4.78, 5) is 12.2. The molecule has 0 heterocycles. The highest BCUT2D eigenvalue weighted by atomic mass is 16.5. The Kier molecular flexibility index (Phi) is 7.60. The first-order valence-electron chi connectivity index (χ1n) is 10.2. The summed E-state index contributed by atoms with van der Waals surface area (Å²) in [5.74, 6) is 0.901. The van der Waals surface area contributed by atoms with Gasteiger partial charge in [0.2, 0.25) is 5.91 Å². The number of hydrogen-bond donors (Lipinski definition) is 1. The van der Waals surface area contributed by atoms with Crippen LogP contribution in [0.1, 0.15) is 33.4 Å². The topological polar surface area (TPSA) is 83.7 Å². The van der Waals surface area contributed by atoms with Crippen molar-refractivity contribution in [1.82, 2.24) is 5.43 Å². The van der Waals surface area contributed by atoms with Crippen LogP contribution in [0.2, 0.25) is 0 Å². The second-order valence-electron chi connectivity index (χ2n) is 7.37. The molecule has 162 valence electrons. The summed E-state index contributed by atoms with van der Waals surface area (Å²) in [6, 6.07) is 20.8. The highest BCUT2D eigenvalue weighted by molar-refractivity contribution is 5.84. The van der Waals surface area contributed by atoms with Gasteiger partial charge in [0.05, 0.1) is 31.4 Å². The first kappa shape index (κ1) is 22.6. The van der Waals surface area contributed by atoms with Gasteiger partial charge in [0.15, 0.2) is 11.5 Å². The van der Waals surface area contributed by atoms with Crippen LogP contribution in [0.15, 0.2) is 65.8 Å². The number of benzene rings is 3. The Bertz CT molecular complexity index is 1180. The smallest absolute Gasteiger partial charge is 0.244 e. The standard InChI is InChI=1S/C26H25N3O3/c1-18-8-10-21(19(2)12-18)14-26(30)29-28-16-20-9-11-24(25(13-20)31-3)32-17-23-7-5-4-6-22(23)15-27/h4-13,16H,14,17H2,1-3H3,(H,29,30)/b28-16+. The van der Waals surface area contributed by atoms with E-state index in [1.807, 2.05) is 50.2 Å². The molecule has 0 spiro atoms. The minimum absolute atomic E-state index is 0.184. The molecule has 0 unspecified atom stereocenters. The summed E-state index contributed by atoms with van der Waals surface area (Å²) >= 11 is 0. The second-order valence-corrected chi connectivity index (χ2v) is 7.37. The van der Waals surface area contributed by atoms with Crippen molar-refractivity contribution >= 4 is 12.1 Å². The van der Waals surface area contributed by atoms with E-state index in [0.29, 0.717) is 17.1 Å². The van der Waals surface area contributed by atoms with Crippen molar-refractivity contribution in [2.45, 2.75) is 26.9 Å². The van der Waals surface area contributed by atoms with Gasteiger partial charge in [-0.3, -0.25) is 4.79 Å². The minimum Gasteiger partial charge on any atom is -0.493 e. The average molecular weight is 428 g/mol. The van der Waals surface area contributed by atoms with Crippen LogP contribution in [-0.4, -0.2) is 19.2 Å². The van der Waals surface area contributed by atoms with Crippen LogP contribution in [0.5, 0.6) is 11.5 Å². The van der Waals surface area contributed by atoms with E-state index >= 15 is 0 Å². The molecule has 0 aliphatic carbocycles. The molecular formula is C26H25N3O3. The normalized spacial score (nSPS) is 10.6. The Morgan fingerprint density at radius 3 is 2.62 bits per heavy atom. The summed E-state index contributed by atoms with van der Waals surface area (Å²) < 4.78 is 11.3. The zero-order valence-corrected chi connectivity index (χ0v) is 18.4. The Morgan fingerprint density at radius 2 is 1.88 bits per heavy atom. The van der Waals surface area contributed by atoms with Gasteiger partial charge in [-0.1, -0.05) is 42.0 Å². The highest BCUT2D eigenvalue weighted by Crippen LogP contribution is 2.28. The maximum Gasteiger partial charge on any atom is 0.244 e. The summed E-state index contributed by atoms with van der Waals surface area (Å²) in [7, 11) is 1.55. The van der Waals surface area contributed by atoms with Gasteiger partial charge in [-0.25, -0.2) is 5.43 Å². The SMILES string of the molecule is COc1cc(/C=N/NC(=O)Cc2ccc(C)cc2C)ccc1OCc1ccccc1C#N. The number of nitriles is 1. The maximum absolute atomic E-state index is 12.2. The van der Waals surface area contributed by atoms with Crippen molar-refractivity contribution in [1.29, 1.82) is 5.26 Å². The van der Waals surface area contributed by atoms with E-state index in [-0.39, 0.29) is 18.9 Å².